The fourth-order valence-electron chi connectivity index (χ4n) is 2.46. The van der Waals surface area contributed by atoms with Crippen molar-refractivity contribution in [3.63, 3.8) is 0 Å². The van der Waals surface area contributed by atoms with Gasteiger partial charge in [0.15, 0.2) is 0 Å². The smallest absolute Gasteiger partial charge is 0.326 e. The van der Waals surface area contributed by atoms with Gasteiger partial charge in [0.1, 0.15) is 10.9 Å². The van der Waals surface area contributed by atoms with E-state index in [1.807, 2.05) is 0 Å². The maximum Gasteiger partial charge on any atom is 0.326 e. The number of thiophene rings is 1. The van der Waals surface area contributed by atoms with Crippen LogP contribution in [0.5, 0.6) is 0 Å². The van der Waals surface area contributed by atoms with Gasteiger partial charge in [0.05, 0.1) is 5.02 Å². The quantitative estimate of drug-likeness (QED) is 0.933. The van der Waals surface area contributed by atoms with Crippen LogP contribution in [-0.2, 0) is 4.79 Å². The van der Waals surface area contributed by atoms with Crippen LogP contribution in [0.15, 0.2) is 11.4 Å². The zero-order valence-corrected chi connectivity index (χ0v) is 12.2. The van der Waals surface area contributed by atoms with Crippen molar-refractivity contribution in [3.05, 3.63) is 21.3 Å². The minimum Gasteiger partial charge on any atom is -0.480 e. The first-order valence-electron chi connectivity index (χ1n) is 6.31. The number of carboxylic acids is 1. The molecule has 0 aromatic carbocycles. The second kappa shape index (κ2) is 5.92. The number of amides is 1. The molecule has 1 saturated heterocycles. The second-order valence-corrected chi connectivity index (χ2v) is 6.07. The lowest BCUT2D eigenvalue weighted by Gasteiger charge is -2.36. The van der Waals surface area contributed by atoms with Gasteiger partial charge in [-0.25, -0.2) is 4.79 Å². The molecule has 2 heterocycles. The number of carbonyl (C=O) groups excluding carboxylic acids is 1. The van der Waals surface area contributed by atoms with E-state index in [0.29, 0.717) is 28.8 Å². The van der Waals surface area contributed by atoms with Crippen LogP contribution in [0.3, 0.4) is 0 Å². The molecule has 1 aromatic heterocycles. The Morgan fingerprint density at radius 3 is 2.84 bits per heavy atom. The number of aliphatic carboxylic acids is 1. The van der Waals surface area contributed by atoms with Crippen LogP contribution in [0.2, 0.25) is 5.02 Å². The molecular weight excluding hydrogens is 286 g/mol. The zero-order valence-electron chi connectivity index (χ0n) is 10.6. The molecule has 1 N–H and O–H groups in total. The summed E-state index contributed by atoms with van der Waals surface area (Å²) in [6.45, 7) is 2.54. The number of carboxylic acid groups (broad SMARTS) is 1. The number of halogens is 1. The zero-order chi connectivity index (χ0) is 14.0. The first-order valence-corrected chi connectivity index (χ1v) is 7.57. The predicted octanol–water partition coefficient (Wildman–Crippen LogP) is 3.12. The van der Waals surface area contributed by atoms with E-state index in [4.69, 9.17) is 11.6 Å². The molecule has 1 aliphatic heterocycles. The standard InChI is InChI=1S/C13H16ClNO3S/c1-2-8-3-5-15(10(7-8)13(17)18)12(16)11-9(14)4-6-19-11/h4,6,8,10H,2-3,5,7H2,1H3,(H,17,18). The summed E-state index contributed by atoms with van der Waals surface area (Å²) in [5.74, 6) is -0.815. The van der Waals surface area contributed by atoms with E-state index in [1.165, 1.54) is 16.2 Å². The normalized spacial score (nSPS) is 23.4. The third kappa shape index (κ3) is 2.92. The number of nitrogens with zero attached hydrogens (tertiary/aromatic N) is 1. The Morgan fingerprint density at radius 2 is 2.32 bits per heavy atom. The van der Waals surface area contributed by atoms with Gasteiger partial charge in [0.25, 0.3) is 5.91 Å². The maximum atomic E-state index is 12.4. The fraction of sp³-hybridized carbons (Fsp3) is 0.538. The minimum atomic E-state index is -0.931. The highest BCUT2D eigenvalue weighted by Crippen LogP contribution is 2.30. The molecule has 19 heavy (non-hydrogen) atoms. The van der Waals surface area contributed by atoms with E-state index in [2.05, 4.69) is 6.92 Å². The van der Waals surface area contributed by atoms with Crippen molar-refractivity contribution < 1.29 is 14.7 Å². The molecule has 0 radical (unpaired) electrons. The van der Waals surface area contributed by atoms with Crippen molar-refractivity contribution in [2.75, 3.05) is 6.54 Å². The average molecular weight is 302 g/mol. The van der Waals surface area contributed by atoms with Crippen LogP contribution >= 0.6 is 22.9 Å². The maximum absolute atomic E-state index is 12.4. The summed E-state index contributed by atoms with van der Waals surface area (Å²) in [5, 5.41) is 11.5. The molecule has 0 aliphatic carbocycles. The highest BCUT2D eigenvalue weighted by Gasteiger charge is 2.36. The molecular formula is C13H16ClNO3S. The molecule has 0 spiro atoms. The molecule has 0 bridgehead atoms. The number of hydrogen-bond acceptors (Lipinski definition) is 3. The molecule has 6 heteroatoms. The van der Waals surface area contributed by atoms with E-state index in [-0.39, 0.29) is 5.91 Å². The Hall–Kier alpha value is -1.07. The van der Waals surface area contributed by atoms with Crippen LogP contribution in [-0.4, -0.2) is 34.5 Å². The van der Waals surface area contributed by atoms with E-state index in [0.717, 1.165) is 12.8 Å². The van der Waals surface area contributed by atoms with Gasteiger partial charge in [-0.05, 0) is 30.2 Å². The number of hydrogen-bond donors (Lipinski definition) is 1. The Balaban J connectivity index is 2.20. The molecule has 104 valence electrons. The largest absolute Gasteiger partial charge is 0.480 e. The van der Waals surface area contributed by atoms with E-state index in [9.17, 15) is 14.7 Å². The third-order valence-electron chi connectivity index (χ3n) is 3.65. The molecule has 4 nitrogen and oxygen atoms in total. The molecule has 2 unspecified atom stereocenters. The Bertz CT molecular complexity index is 488. The third-order valence-corrected chi connectivity index (χ3v) is 4.98. The molecule has 0 saturated carbocycles. The summed E-state index contributed by atoms with van der Waals surface area (Å²) < 4.78 is 0. The van der Waals surface area contributed by atoms with Gasteiger partial charge < -0.3 is 10.0 Å². The van der Waals surface area contributed by atoms with Crippen molar-refractivity contribution in [3.8, 4) is 0 Å². The van der Waals surface area contributed by atoms with Crippen molar-refractivity contribution in [1.29, 1.82) is 0 Å². The first kappa shape index (κ1) is 14.3. The number of rotatable bonds is 3. The summed E-state index contributed by atoms with van der Waals surface area (Å²) in [6.07, 6.45) is 2.33. The van der Waals surface area contributed by atoms with Crippen LogP contribution in [0, 0.1) is 5.92 Å². The molecule has 1 aliphatic rings. The van der Waals surface area contributed by atoms with Gasteiger partial charge in [-0.3, -0.25) is 4.79 Å². The van der Waals surface area contributed by atoms with Crippen molar-refractivity contribution in [2.24, 2.45) is 5.92 Å². The summed E-state index contributed by atoms with van der Waals surface area (Å²) >= 11 is 7.21. The van der Waals surface area contributed by atoms with E-state index >= 15 is 0 Å². The van der Waals surface area contributed by atoms with E-state index < -0.39 is 12.0 Å². The molecule has 1 fully saturated rings. The summed E-state index contributed by atoms with van der Waals surface area (Å²) in [5.41, 5.74) is 0. The van der Waals surface area contributed by atoms with Gasteiger partial charge in [-0.2, -0.15) is 0 Å². The Morgan fingerprint density at radius 1 is 1.58 bits per heavy atom. The second-order valence-electron chi connectivity index (χ2n) is 4.75. The topological polar surface area (TPSA) is 57.6 Å². The number of carbonyl (C=O) groups is 2. The fourth-order valence-corrected chi connectivity index (χ4v) is 3.55. The predicted molar refractivity (Wildman–Crippen MR) is 74.8 cm³/mol. The Labute approximate surface area is 121 Å². The lowest BCUT2D eigenvalue weighted by atomic mass is 9.89. The molecule has 1 amide bonds. The highest BCUT2D eigenvalue weighted by atomic mass is 35.5. The van der Waals surface area contributed by atoms with E-state index in [1.54, 1.807) is 11.4 Å². The summed E-state index contributed by atoms with van der Waals surface area (Å²) in [4.78, 5) is 25.6. The SMILES string of the molecule is CCC1CCN(C(=O)c2sccc2Cl)C(C(=O)O)C1. The monoisotopic (exact) mass is 301 g/mol. The van der Waals surface area contributed by atoms with Gasteiger partial charge >= 0.3 is 5.97 Å². The summed E-state index contributed by atoms with van der Waals surface area (Å²) in [6, 6.07) is 0.929. The number of piperidine rings is 1. The van der Waals surface area contributed by atoms with Gasteiger partial charge in [0.2, 0.25) is 0 Å². The molecule has 2 rings (SSSR count). The van der Waals surface area contributed by atoms with Gasteiger partial charge in [-0.1, -0.05) is 24.9 Å². The van der Waals surface area contributed by atoms with Gasteiger partial charge in [0, 0.05) is 6.54 Å². The lowest BCUT2D eigenvalue weighted by Crippen LogP contribution is -2.50. The van der Waals surface area contributed by atoms with Crippen molar-refractivity contribution in [2.45, 2.75) is 32.2 Å². The highest BCUT2D eigenvalue weighted by molar-refractivity contribution is 7.12. The Kier molecular flexibility index (Phi) is 4.47. The summed E-state index contributed by atoms with van der Waals surface area (Å²) in [7, 11) is 0. The van der Waals surface area contributed by atoms with Crippen molar-refractivity contribution in [1.82, 2.24) is 4.90 Å². The van der Waals surface area contributed by atoms with Crippen LogP contribution in [0.25, 0.3) is 0 Å². The lowest BCUT2D eigenvalue weighted by molar-refractivity contribution is -0.144. The van der Waals surface area contributed by atoms with Gasteiger partial charge in [-0.15, -0.1) is 11.3 Å². The number of likely N-dealkylation sites (tertiary alicyclic amines) is 1. The average Bonchev–Trinajstić information content (AvgIpc) is 2.83. The minimum absolute atomic E-state index is 0.262. The van der Waals surface area contributed by atoms with Crippen LogP contribution < -0.4 is 0 Å². The van der Waals surface area contributed by atoms with Crippen LogP contribution in [0.1, 0.15) is 35.9 Å². The molecule has 2 atom stereocenters. The molecule has 1 aromatic rings. The van der Waals surface area contributed by atoms with Crippen molar-refractivity contribution >= 4 is 34.8 Å². The first-order chi connectivity index (χ1) is 9.04. The van der Waals surface area contributed by atoms with Crippen LogP contribution in [0.4, 0.5) is 0 Å².